The molecule has 0 aliphatic rings. The third kappa shape index (κ3) is 4.05. The van der Waals surface area contributed by atoms with Crippen molar-refractivity contribution in [1.82, 2.24) is 10.9 Å². The van der Waals surface area contributed by atoms with Gasteiger partial charge < -0.3 is 4.42 Å². The van der Waals surface area contributed by atoms with Gasteiger partial charge in [-0.15, -0.1) is 0 Å². The topological polar surface area (TPSA) is 88.4 Å². The Kier molecular flexibility index (Phi) is 4.81. The van der Waals surface area contributed by atoms with E-state index in [4.69, 9.17) is 16.0 Å². The van der Waals surface area contributed by atoms with Crippen molar-refractivity contribution >= 4 is 34.4 Å². The van der Waals surface area contributed by atoms with Crippen LogP contribution in [0.15, 0.2) is 63.8 Å². The molecule has 126 valence electrons. The molecule has 0 atom stereocenters. The van der Waals surface area contributed by atoms with Crippen molar-refractivity contribution in [2.45, 2.75) is 6.42 Å². The lowest BCUT2D eigenvalue weighted by Gasteiger charge is -2.07. The largest absolute Gasteiger partial charge is 0.422 e. The Bertz CT molecular complexity index is 996. The van der Waals surface area contributed by atoms with Gasteiger partial charge in [-0.1, -0.05) is 41.9 Å². The third-order valence-electron chi connectivity index (χ3n) is 3.48. The molecule has 2 aromatic carbocycles. The summed E-state index contributed by atoms with van der Waals surface area (Å²) in [4.78, 5) is 35.9. The van der Waals surface area contributed by atoms with E-state index >= 15 is 0 Å². The normalized spacial score (nSPS) is 10.4. The minimum atomic E-state index is -0.775. The number of rotatable bonds is 3. The number of fused-ring (bicyclic) bond motifs is 1. The van der Waals surface area contributed by atoms with Gasteiger partial charge in [0.15, 0.2) is 0 Å². The second-order valence-corrected chi connectivity index (χ2v) is 5.73. The van der Waals surface area contributed by atoms with Crippen molar-refractivity contribution in [2.75, 3.05) is 0 Å². The SMILES string of the molecule is O=C(Cc1ccc(Cl)cc1)NNC(=O)c1cc2ccccc2oc1=O. The summed E-state index contributed by atoms with van der Waals surface area (Å²) >= 11 is 5.78. The number of nitrogens with one attached hydrogen (secondary N) is 2. The van der Waals surface area contributed by atoms with E-state index in [1.165, 1.54) is 6.07 Å². The molecule has 0 radical (unpaired) electrons. The van der Waals surface area contributed by atoms with E-state index in [0.29, 0.717) is 16.0 Å². The average molecular weight is 357 g/mol. The predicted molar refractivity (Wildman–Crippen MR) is 93.2 cm³/mol. The Morgan fingerprint density at radius 3 is 2.48 bits per heavy atom. The lowest BCUT2D eigenvalue weighted by molar-refractivity contribution is -0.121. The maximum atomic E-state index is 12.1. The molecule has 0 saturated carbocycles. The second-order valence-electron chi connectivity index (χ2n) is 5.29. The van der Waals surface area contributed by atoms with Crippen LogP contribution in [0.2, 0.25) is 5.02 Å². The van der Waals surface area contributed by atoms with E-state index in [9.17, 15) is 14.4 Å². The summed E-state index contributed by atoms with van der Waals surface area (Å²) in [5, 5.41) is 1.18. The van der Waals surface area contributed by atoms with Crippen molar-refractivity contribution in [1.29, 1.82) is 0 Å². The number of hydrogen-bond donors (Lipinski definition) is 2. The molecule has 7 heteroatoms. The number of hydrazine groups is 1. The molecule has 6 nitrogen and oxygen atoms in total. The summed E-state index contributed by atoms with van der Waals surface area (Å²) in [6, 6.07) is 15.0. The number of para-hydroxylation sites is 1. The molecule has 0 saturated heterocycles. The number of halogens is 1. The van der Waals surface area contributed by atoms with Gasteiger partial charge in [0.05, 0.1) is 6.42 Å². The van der Waals surface area contributed by atoms with Gasteiger partial charge in [0, 0.05) is 10.4 Å². The Balaban J connectivity index is 1.66. The van der Waals surface area contributed by atoms with Gasteiger partial charge in [0.2, 0.25) is 5.91 Å². The smallest absolute Gasteiger partial charge is 0.349 e. The van der Waals surface area contributed by atoms with Crippen LogP contribution in [0.4, 0.5) is 0 Å². The summed E-state index contributed by atoms with van der Waals surface area (Å²) in [6.07, 6.45) is 0.0593. The summed E-state index contributed by atoms with van der Waals surface area (Å²) in [5.74, 6) is -1.18. The molecule has 2 N–H and O–H groups in total. The molecule has 1 heterocycles. The maximum absolute atomic E-state index is 12.1. The van der Waals surface area contributed by atoms with Crippen LogP contribution in [0.5, 0.6) is 0 Å². The van der Waals surface area contributed by atoms with E-state index < -0.39 is 17.4 Å². The highest BCUT2D eigenvalue weighted by atomic mass is 35.5. The van der Waals surface area contributed by atoms with Gasteiger partial charge in [0.25, 0.3) is 5.91 Å². The van der Waals surface area contributed by atoms with Crippen LogP contribution in [0.3, 0.4) is 0 Å². The van der Waals surface area contributed by atoms with Crippen molar-refractivity contribution in [3.05, 3.63) is 81.2 Å². The highest BCUT2D eigenvalue weighted by Crippen LogP contribution is 2.12. The molecule has 0 bridgehead atoms. The van der Waals surface area contributed by atoms with E-state index in [2.05, 4.69) is 10.9 Å². The molecular formula is C18H13ClN2O4. The number of carbonyl (C=O) groups excluding carboxylic acids is 2. The average Bonchev–Trinajstić information content (AvgIpc) is 2.61. The van der Waals surface area contributed by atoms with Crippen LogP contribution in [0, 0.1) is 0 Å². The zero-order valence-corrected chi connectivity index (χ0v) is 13.7. The van der Waals surface area contributed by atoms with Crippen LogP contribution in [0.25, 0.3) is 11.0 Å². The quantitative estimate of drug-likeness (QED) is 0.557. The van der Waals surface area contributed by atoms with E-state index in [1.54, 1.807) is 48.5 Å². The Hall–Kier alpha value is -3.12. The van der Waals surface area contributed by atoms with Gasteiger partial charge in [0.1, 0.15) is 11.1 Å². The molecular weight excluding hydrogens is 344 g/mol. The van der Waals surface area contributed by atoms with Crippen LogP contribution in [-0.4, -0.2) is 11.8 Å². The molecule has 3 aromatic rings. The fourth-order valence-electron chi connectivity index (χ4n) is 2.25. The molecule has 2 amide bonds. The summed E-state index contributed by atoms with van der Waals surface area (Å²) in [5.41, 5.74) is 4.64. The van der Waals surface area contributed by atoms with Crippen LogP contribution in [0.1, 0.15) is 15.9 Å². The van der Waals surface area contributed by atoms with Gasteiger partial charge in [-0.05, 0) is 29.8 Å². The summed E-state index contributed by atoms with van der Waals surface area (Å²) < 4.78 is 5.09. The fraction of sp³-hybridized carbons (Fsp3) is 0.0556. The lowest BCUT2D eigenvalue weighted by atomic mass is 10.1. The standard InChI is InChI=1S/C18H13ClN2O4/c19-13-7-5-11(6-8-13)9-16(22)20-21-17(23)14-10-12-3-1-2-4-15(12)25-18(14)24/h1-8,10H,9H2,(H,20,22)(H,21,23). The molecule has 0 aliphatic carbocycles. The first-order valence-electron chi connectivity index (χ1n) is 7.39. The van der Waals surface area contributed by atoms with Gasteiger partial charge >= 0.3 is 5.63 Å². The minimum Gasteiger partial charge on any atom is -0.422 e. The number of hydrogen-bond acceptors (Lipinski definition) is 4. The molecule has 1 aromatic heterocycles. The Morgan fingerprint density at radius 2 is 1.72 bits per heavy atom. The maximum Gasteiger partial charge on any atom is 0.349 e. The summed E-state index contributed by atoms with van der Waals surface area (Å²) in [7, 11) is 0. The van der Waals surface area contributed by atoms with Gasteiger partial charge in [-0.2, -0.15) is 0 Å². The van der Waals surface area contributed by atoms with E-state index in [-0.39, 0.29) is 12.0 Å². The molecule has 0 aliphatic heterocycles. The highest BCUT2D eigenvalue weighted by molar-refractivity contribution is 6.30. The van der Waals surface area contributed by atoms with Crippen molar-refractivity contribution in [3.63, 3.8) is 0 Å². The Labute approximate surface area is 147 Å². The molecule has 0 unspecified atom stereocenters. The molecule has 25 heavy (non-hydrogen) atoms. The number of benzene rings is 2. The fourth-order valence-corrected chi connectivity index (χ4v) is 2.37. The molecule has 0 spiro atoms. The Morgan fingerprint density at radius 1 is 1.00 bits per heavy atom. The molecule has 0 fully saturated rings. The van der Waals surface area contributed by atoms with Crippen molar-refractivity contribution < 1.29 is 14.0 Å². The first-order chi connectivity index (χ1) is 12.0. The second kappa shape index (κ2) is 7.19. The van der Waals surface area contributed by atoms with Crippen LogP contribution in [-0.2, 0) is 11.2 Å². The number of carbonyl (C=O) groups is 2. The minimum absolute atomic E-state index is 0.0593. The van der Waals surface area contributed by atoms with Crippen molar-refractivity contribution in [2.24, 2.45) is 0 Å². The van der Waals surface area contributed by atoms with Crippen molar-refractivity contribution in [3.8, 4) is 0 Å². The number of amides is 2. The zero-order valence-electron chi connectivity index (χ0n) is 12.9. The van der Waals surface area contributed by atoms with E-state index in [0.717, 1.165) is 5.56 Å². The first kappa shape index (κ1) is 16.7. The highest BCUT2D eigenvalue weighted by Gasteiger charge is 2.14. The third-order valence-corrected chi connectivity index (χ3v) is 3.73. The van der Waals surface area contributed by atoms with Gasteiger partial charge in [-0.25, -0.2) is 4.79 Å². The zero-order chi connectivity index (χ0) is 17.8. The monoisotopic (exact) mass is 356 g/mol. The first-order valence-corrected chi connectivity index (χ1v) is 7.77. The molecule has 3 rings (SSSR count). The lowest BCUT2D eigenvalue weighted by Crippen LogP contribution is -2.43. The van der Waals surface area contributed by atoms with Crippen LogP contribution < -0.4 is 16.5 Å². The summed E-state index contributed by atoms with van der Waals surface area (Å²) in [6.45, 7) is 0. The van der Waals surface area contributed by atoms with Gasteiger partial charge in [-0.3, -0.25) is 20.4 Å². The predicted octanol–water partition coefficient (Wildman–Crippen LogP) is 2.45. The van der Waals surface area contributed by atoms with Crippen LogP contribution >= 0.6 is 11.6 Å². The van der Waals surface area contributed by atoms with E-state index in [1.807, 2.05) is 0 Å².